The lowest BCUT2D eigenvalue weighted by Gasteiger charge is -2.26. The van der Waals surface area contributed by atoms with Gasteiger partial charge >= 0.3 is 0 Å². The predicted octanol–water partition coefficient (Wildman–Crippen LogP) is 2.30. The van der Waals surface area contributed by atoms with Gasteiger partial charge in [-0.3, -0.25) is 10.2 Å². The molecule has 1 amide bonds. The number of carbonyl (C=O) groups is 1. The SMILES string of the molecule is CCNc1ccc(Cl)c(C(=O)NN2CCCCC2)n1. The molecule has 5 nitrogen and oxygen atoms in total. The van der Waals surface area contributed by atoms with Gasteiger partial charge in [-0.2, -0.15) is 0 Å². The van der Waals surface area contributed by atoms with Crippen LogP contribution in [0.2, 0.25) is 5.02 Å². The summed E-state index contributed by atoms with van der Waals surface area (Å²) in [7, 11) is 0. The van der Waals surface area contributed by atoms with Crippen LogP contribution in [-0.4, -0.2) is 35.5 Å². The van der Waals surface area contributed by atoms with E-state index in [-0.39, 0.29) is 11.6 Å². The molecule has 0 bridgehead atoms. The van der Waals surface area contributed by atoms with Gasteiger partial charge in [-0.25, -0.2) is 9.99 Å². The van der Waals surface area contributed by atoms with Crippen LogP contribution in [0.15, 0.2) is 12.1 Å². The first kappa shape index (κ1) is 14.1. The molecule has 1 aromatic rings. The minimum atomic E-state index is -0.244. The number of halogens is 1. The Balaban J connectivity index is 2.06. The summed E-state index contributed by atoms with van der Waals surface area (Å²) < 4.78 is 0. The maximum atomic E-state index is 12.2. The summed E-state index contributed by atoms with van der Waals surface area (Å²) in [6, 6.07) is 3.46. The molecule has 1 fully saturated rings. The number of hydrogen-bond acceptors (Lipinski definition) is 4. The van der Waals surface area contributed by atoms with Crippen LogP contribution in [0, 0.1) is 0 Å². The Bertz CT molecular complexity index is 446. The molecule has 1 aliphatic rings. The van der Waals surface area contributed by atoms with Crippen LogP contribution >= 0.6 is 11.6 Å². The summed E-state index contributed by atoms with van der Waals surface area (Å²) in [6.45, 7) is 4.50. The summed E-state index contributed by atoms with van der Waals surface area (Å²) in [5, 5.41) is 5.38. The van der Waals surface area contributed by atoms with Crippen LogP contribution in [0.3, 0.4) is 0 Å². The maximum Gasteiger partial charge on any atom is 0.285 e. The van der Waals surface area contributed by atoms with E-state index >= 15 is 0 Å². The first-order valence-electron chi connectivity index (χ1n) is 6.67. The maximum absolute atomic E-state index is 12.2. The van der Waals surface area contributed by atoms with Crippen molar-refractivity contribution in [2.45, 2.75) is 26.2 Å². The van der Waals surface area contributed by atoms with Crippen molar-refractivity contribution < 1.29 is 4.79 Å². The van der Waals surface area contributed by atoms with E-state index in [9.17, 15) is 4.79 Å². The highest BCUT2D eigenvalue weighted by atomic mass is 35.5. The standard InChI is InChI=1S/C13H19ClN4O/c1-2-15-11-7-6-10(14)12(16-11)13(19)17-18-8-4-3-5-9-18/h6-7H,2-5,8-9H2,1H3,(H,15,16)(H,17,19). The topological polar surface area (TPSA) is 57.3 Å². The van der Waals surface area contributed by atoms with Crippen molar-refractivity contribution in [3.63, 3.8) is 0 Å². The fourth-order valence-electron chi connectivity index (χ4n) is 2.08. The van der Waals surface area contributed by atoms with Crippen LogP contribution in [0.25, 0.3) is 0 Å². The quantitative estimate of drug-likeness (QED) is 0.890. The van der Waals surface area contributed by atoms with Crippen LogP contribution in [0.5, 0.6) is 0 Å². The molecule has 2 N–H and O–H groups in total. The van der Waals surface area contributed by atoms with E-state index in [2.05, 4.69) is 15.7 Å². The monoisotopic (exact) mass is 282 g/mol. The Morgan fingerprint density at radius 2 is 2.11 bits per heavy atom. The smallest absolute Gasteiger partial charge is 0.285 e. The van der Waals surface area contributed by atoms with E-state index in [4.69, 9.17) is 11.6 Å². The molecule has 1 saturated heterocycles. The van der Waals surface area contributed by atoms with E-state index in [0.717, 1.165) is 32.5 Å². The Morgan fingerprint density at radius 3 is 2.79 bits per heavy atom. The molecule has 2 rings (SSSR count). The number of hydrazine groups is 1. The average Bonchev–Trinajstić information content (AvgIpc) is 2.42. The highest BCUT2D eigenvalue weighted by Crippen LogP contribution is 2.17. The van der Waals surface area contributed by atoms with Gasteiger partial charge in [0.2, 0.25) is 0 Å². The van der Waals surface area contributed by atoms with Gasteiger partial charge < -0.3 is 5.32 Å². The zero-order valence-electron chi connectivity index (χ0n) is 11.1. The van der Waals surface area contributed by atoms with E-state index in [1.807, 2.05) is 11.9 Å². The number of aromatic nitrogens is 1. The van der Waals surface area contributed by atoms with E-state index in [1.54, 1.807) is 12.1 Å². The average molecular weight is 283 g/mol. The number of nitrogens with one attached hydrogen (secondary N) is 2. The predicted molar refractivity (Wildman–Crippen MR) is 76.3 cm³/mol. The lowest BCUT2D eigenvalue weighted by Crippen LogP contribution is -2.45. The van der Waals surface area contributed by atoms with Crippen LogP contribution < -0.4 is 10.7 Å². The third-order valence-corrected chi connectivity index (χ3v) is 3.34. The number of pyridine rings is 1. The molecule has 1 aromatic heterocycles. The Morgan fingerprint density at radius 1 is 1.37 bits per heavy atom. The zero-order valence-corrected chi connectivity index (χ0v) is 11.8. The second kappa shape index (κ2) is 6.73. The van der Waals surface area contributed by atoms with Crippen molar-refractivity contribution in [2.75, 3.05) is 25.0 Å². The molecule has 0 radical (unpaired) electrons. The van der Waals surface area contributed by atoms with Gasteiger partial charge in [0.1, 0.15) is 5.82 Å². The lowest BCUT2D eigenvalue weighted by molar-refractivity contribution is 0.0745. The van der Waals surface area contributed by atoms with Gasteiger partial charge in [0, 0.05) is 19.6 Å². The lowest BCUT2D eigenvalue weighted by atomic mass is 10.2. The third-order valence-electron chi connectivity index (χ3n) is 3.03. The molecule has 0 aliphatic carbocycles. The van der Waals surface area contributed by atoms with Crippen molar-refractivity contribution in [1.29, 1.82) is 0 Å². The van der Waals surface area contributed by atoms with E-state index in [0.29, 0.717) is 10.8 Å². The summed E-state index contributed by atoms with van der Waals surface area (Å²) in [4.78, 5) is 16.4. The molecular formula is C13H19ClN4O. The second-order valence-electron chi connectivity index (χ2n) is 4.55. The molecule has 104 valence electrons. The van der Waals surface area contributed by atoms with Crippen molar-refractivity contribution >= 4 is 23.3 Å². The Kier molecular flexibility index (Phi) is 4.99. The fraction of sp³-hybridized carbons (Fsp3) is 0.538. The molecule has 0 spiro atoms. The molecular weight excluding hydrogens is 264 g/mol. The molecule has 0 aromatic carbocycles. The number of rotatable bonds is 4. The van der Waals surface area contributed by atoms with Gasteiger partial charge in [0.25, 0.3) is 5.91 Å². The molecule has 1 aliphatic heterocycles. The Labute approximate surface area is 118 Å². The van der Waals surface area contributed by atoms with Gasteiger partial charge in [-0.1, -0.05) is 18.0 Å². The minimum absolute atomic E-state index is 0.244. The van der Waals surface area contributed by atoms with E-state index in [1.165, 1.54) is 6.42 Å². The minimum Gasteiger partial charge on any atom is -0.370 e. The molecule has 6 heteroatoms. The van der Waals surface area contributed by atoms with Crippen molar-refractivity contribution in [3.05, 3.63) is 22.8 Å². The summed E-state index contributed by atoms with van der Waals surface area (Å²) >= 11 is 6.04. The number of anilines is 1. The number of hydrogen-bond donors (Lipinski definition) is 2. The first-order valence-corrected chi connectivity index (χ1v) is 7.05. The number of carbonyl (C=O) groups excluding carboxylic acids is 1. The fourth-order valence-corrected chi connectivity index (χ4v) is 2.27. The normalized spacial score (nSPS) is 16.1. The molecule has 0 saturated carbocycles. The van der Waals surface area contributed by atoms with Crippen molar-refractivity contribution in [1.82, 2.24) is 15.4 Å². The highest BCUT2D eigenvalue weighted by Gasteiger charge is 2.17. The van der Waals surface area contributed by atoms with E-state index < -0.39 is 0 Å². The molecule has 2 heterocycles. The largest absolute Gasteiger partial charge is 0.370 e. The summed E-state index contributed by atoms with van der Waals surface area (Å²) in [5.74, 6) is 0.419. The summed E-state index contributed by atoms with van der Waals surface area (Å²) in [6.07, 6.45) is 3.44. The molecule has 0 unspecified atom stereocenters. The zero-order chi connectivity index (χ0) is 13.7. The van der Waals surface area contributed by atoms with Gasteiger partial charge in [-0.05, 0) is 31.9 Å². The number of amides is 1. The number of piperidine rings is 1. The Hall–Kier alpha value is -1.33. The number of nitrogens with zero attached hydrogens (tertiary/aromatic N) is 2. The van der Waals surface area contributed by atoms with Gasteiger partial charge in [0.15, 0.2) is 5.69 Å². The highest BCUT2D eigenvalue weighted by molar-refractivity contribution is 6.33. The van der Waals surface area contributed by atoms with Crippen LogP contribution in [-0.2, 0) is 0 Å². The first-order chi connectivity index (χ1) is 9.20. The van der Waals surface area contributed by atoms with Crippen molar-refractivity contribution in [2.24, 2.45) is 0 Å². The van der Waals surface area contributed by atoms with Crippen LogP contribution in [0.4, 0.5) is 5.82 Å². The van der Waals surface area contributed by atoms with Gasteiger partial charge in [0.05, 0.1) is 5.02 Å². The summed E-state index contributed by atoms with van der Waals surface area (Å²) in [5.41, 5.74) is 3.13. The second-order valence-corrected chi connectivity index (χ2v) is 4.95. The van der Waals surface area contributed by atoms with Gasteiger partial charge in [-0.15, -0.1) is 0 Å². The molecule has 19 heavy (non-hydrogen) atoms. The van der Waals surface area contributed by atoms with Crippen LogP contribution in [0.1, 0.15) is 36.7 Å². The van der Waals surface area contributed by atoms with Crippen molar-refractivity contribution in [3.8, 4) is 0 Å². The molecule has 0 atom stereocenters. The third kappa shape index (κ3) is 3.81.